The zero-order valence-electron chi connectivity index (χ0n) is 14.0. The SMILES string of the molecule is CCn1c(COC)nnc1N1CCC(c2ccc(OC)cc2)C1. The van der Waals surface area contributed by atoms with E-state index in [-0.39, 0.29) is 0 Å². The zero-order valence-corrected chi connectivity index (χ0v) is 14.0. The van der Waals surface area contributed by atoms with Gasteiger partial charge in [-0.2, -0.15) is 0 Å². The molecule has 0 amide bonds. The van der Waals surface area contributed by atoms with E-state index >= 15 is 0 Å². The van der Waals surface area contributed by atoms with Crippen LogP contribution in [0.25, 0.3) is 0 Å². The van der Waals surface area contributed by atoms with E-state index in [1.54, 1.807) is 14.2 Å². The molecule has 1 saturated heterocycles. The van der Waals surface area contributed by atoms with Crippen molar-refractivity contribution in [1.82, 2.24) is 14.8 Å². The molecule has 2 aromatic rings. The van der Waals surface area contributed by atoms with Crippen LogP contribution in [0.4, 0.5) is 5.95 Å². The predicted octanol–water partition coefficient (Wildman–Crippen LogP) is 2.45. The van der Waals surface area contributed by atoms with E-state index in [2.05, 4.69) is 38.7 Å². The minimum absolute atomic E-state index is 0.497. The molecule has 2 heterocycles. The highest BCUT2D eigenvalue weighted by Gasteiger charge is 2.27. The standard InChI is InChI=1S/C17H24N4O2/c1-4-21-16(12-22-2)18-19-17(21)20-10-9-14(11-20)13-5-7-15(23-3)8-6-13/h5-8,14H,4,9-12H2,1-3H3. The number of nitrogens with zero attached hydrogens (tertiary/aromatic N) is 4. The molecule has 1 aromatic heterocycles. The Hall–Kier alpha value is -2.08. The second kappa shape index (κ2) is 7.00. The Labute approximate surface area is 137 Å². The number of aromatic nitrogens is 3. The molecule has 6 heteroatoms. The molecule has 23 heavy (non-hydrogen) atoms. The summed E-state index contributed by atoms with van der Waals surface area (Å²) in [7, 11) is 3.38. The summed E-state index contributed by atoms with van der Waals surface area (Å²) in [4.78, 5) is 2.32. The van der Waals surface area contributed by atoms with Crippen LogP contribution in [0, 0.1) is 0 Å². The van der Waals surface area contributed by atoms with Crippen LogP contribution in [0.1, 0.15) is 30.7 Å². The highest BCUT2D eigenvalue weighted by Crippen LogP contribution is 2.31. The molecule has 1 aliphatic rings. The number of hydrogen-bond acceptors (Lipinski definition) is 5. The van der Waals surface area contributed by atoms with Gasteiger partial charge in [0.05, 0.1) is 7.11 Å². The Morgan fingerprint density at radius 2 is 1.96 bits per heavy atom. The van der Waals surface area contributed by atoms with Crippen molar-refractivity contribution in [1.29, 1.82) is 0 Å². The molecule has 0 saturated carbocycles. The van der Waals surface area contributed by atoms with Crippen molar-refractivity contribution >= 4 is 5.95 Å². The molecule has 3 rings (SSSR count). The van der Waals surface area contributed by atoms with Gasteiger partial charge in [0.25, 0.3) is 0 Å². The molecule has 1 aromatic carbocycles. The molecular formula is C17H24N4O2. The van der Waals surface area contributed by atoms with Crippen molar-refractivity contribution < 1.29 is 9.47 Å². The maximum absolute atomic E-state index is 5.23. The minimum atomic E-state index is 0.497. The predicted molar refractivity (Wildman–Crippen MR) is 89.0 cm³/mol. The lowest BCUT2D eigenvalue weighted by Gasteiger charge is -2.18. The molecule has 0 radical (unpaired) electrons. The van der Waals surface area contributed by atoms with Gasteiger partial charge in [-0.25, -0.2) is 0 Å². The van der Waals surface area contributed by atoms with Gasteiger partial charge in [0.1, 0.15) is 12.4 Å². The monoisotopic (exact) mass is 316 g/mol. The number of benzene rings is 1. The third kappa shape index (κ3) is 3.17. The summed E-state index contributed by atoms with van der Waals surface area (Å²) in [6.45, 7) is 5.43. The van der Waals surface area contributed by atoms with Crippen molar-refractivity contribution in [2.75, 3.05) is 32.2 Å². The van der Waals surface area contributed by atoms with Crippen LogP contribution in [-0.4, -0.2) is 42.1 Å². The lowest BCUT2D eigenvalue weighted by Crippen LogP contribution is -2.23. The Morgan fingerprint density at radius 3 is 2.61 bits per heavy atom. The quantitative estimate of drug-likeness (QED) is 0.819. The van der Waals surface area contributed by atoms with Crippen molar-refractivity contribution in [2.24, 2.45) is 0 Å². The second-order valence-corrected chi connectivity index (χ2v) is 5.80. The summed E-state index contributed by atoms with van der Waals surface area (Å²) in [5.41, 5.74) is 1.35. The molecule has 0 aliphatic carbocycles. The van der Waals surface area contributed by atoms with Gasteiger partial charge in [-0.3, -0.25) is 4.57 Å². The van der Waals surface area contributed by atoms with Crippen LogP contribution in [0.3, 0.4) is 0 Å². The Morgan fingerprint density at radius 1 is 1.17 bits per heavy atom. The lowest BCUT2D eigenvalue weighted by atomic mass is 9.98. The van der Waals surface area contributed by atoms with E-state index in [4.69, 9.17) is 9.47 Å². The minimum Gasteiger partial charge on any atom is -0.497 e. The summed E-state index contributed by atoms with van der Waals surface area (Å²) in [5.74, 6) is 3.26. The first-order valence-corrected chi connectivity index (χ1v) is 8.06. The molecule has 124 valence electrons. The first-order valence-electron chi connectivity index (χ1n) is 8.06. The van der Waals surface area contributed by atoms with Gasteiger partial charge in [-0.05, 0) is 31.0 Å². The lowest BCUT2D eigenvalue weighted by molar-refractivity contribution is 0.174. The van der Waals surface area contributed by atoms with E-state index < -0.39 is 0 Å². The largest absolute Gasteiger partial charge is 0.497 e. The summed E-state index contributed by atoms with van der Waals surface area (Å²) in [5, 5.41) is 8.65. The summed E-state index contributed by atoms with van der Waals surface area (Å²) >= 11 is 0. The molecule has 0 N–H and O–H groups in total. The van der Waals surface area contributed by atoms with E-state index in [1.807, 2.05) is 12.1 Å². The third-order valence-electron chi connectivity index (χ3n) is 4.46. The van der Waals surface area contributed by atoms with E-state index in [0.29, 0.717) is 12.5 Å². The fraction of sp³-hybridized carbons (Fsp3) is 0.529. The van der Waals surface area contributed by atoms with Gasteiger partial charge in [0.2, 0.25) is 5.95 Å². The first-order chi connectivity index (χ1) is 11.3. The highest BCUT2D eigenvalue weighted by molar-refractivity contribution is 5.37. The van der Waals surface area contributed by atoms with Crippen LogP contribution in [0.2, 0.25) is 0 Å². The smallest absolute Gasteiger partial charge is 0.227 e. The second-order valence-electron chi connectivity index (χ2n) is 5.80. The molecule has 1 unspecified atom stereocenters. The number of anilines is 1. The van der Waals surface area contributed by atoms with Crippen molar-refractivity contribution in [3.05, 3.63) is 35.7 Å². The fourth-order valence-electron chi connectivity index (χ4n) is 3.21. The van der Waals surface area contributed by atoms with Gasteiger partial charge in [0, 0.05) is 32.7 Å². The summed E-state index contributed by atoms with van der Waals surface area (Å²) in [6.07, 6.45) is 1.13. The molecule has 1 atom stereocenters. The van der Waals surface area contributed by atoms with Crippen LogP contribution in [0.5, 0.6) is 5.75 Å². The van der Waals surface area contributed by atoms with Crippen molar-refractivity contribution in [2.45, 2.75) is 32.4 Å². The van der Waals surface area contributed by atoms with Crippen LogP contribution < -0.4 is 9.64 Å². The molecule has 0 bridgehead atoms. The fourth-order valence-corrected chi connectivity index (χ4v) is 3.21. The number of hydrogen-bond donors (Lipinski definition) is 0. The van der Waals surface area contributed by atoms with Gasteiger partial charge < -0.3 is 14.4 Å². The third-order valence-corrected chi connectivity index (χ3v) is 4.46. The average Bonchev–Trinajstić information content (AvgIpc) is 3.22. The number of rotatable bonds is 6. The summed E-state index contributed by atoms with van der Waals surface area (Å²) < 4.78 is 12.6. The van der Waals surface area contributed by atoms with E-state index in [9.17, 15) is 0 Å². The maximum Gasteiger partial charge on any atom is 0.227 e. The van der Waals surface area contributed by atoms with Crippen LogP contribution >= 0.6 is 0 Å². The first kappa shape index (κ1) is 15.8. The Bertz CT molecular complexity index is 639. The van der Waals surface area contributed by atoms with Gasteiger partial charge >= 0.3 is 0 Å². The molecule has 1 fully saturated rings. The van der Waals surface area contributed by atoms with Crippen molar-refractivity contribution in [3.63, 3.8) is 0 Å². The summed E-state index contributed by atoms with van der Waals surface area (Å²) in [6, 6.07) is 8.38. The molecule has 1 aliphatic heterocycles. The zero-order chi connectivity index (χ0) is 16.2. The van der Waals surface area contributed by atoms with Crippen LogP contribution in [0.15, 0.2) is 24.3 Å². The topological polar surface area (TPSA) is 52.4 Å². The van der Waals surface area contributed by atoms with Gasteiger partial charge in [-0.15, -0.1) is 10.2 Å². The van der Waals surface area contributed by atoms with E-state index in [1.165, 1.54) is 5.56 Å². The van der Waals surface area contributed by atoms with Gasteiger partial charge in [-0.1, -0.05) is 12.1 Å². The normalized spacial score (nSPS) is 17.7. The van der Waals surface area contributed by atoms with Gasteiger partial charge in [0.15, 0.2) is 5.82 Å². The molecule has 6 nitrogen and oxygen atoms in total. The number of methoxy groups -OCH3 is 2. The molecule has 0 spiro atoms. The highest BCUT2D eigenvalue weighted by atomic mass is 16.5. The average molecular weight is 316 g/mol. The Balaban J connectivity index is 1.74. The number of ether oxygens (including phenoxy) is 2. The maximum atomic E-state index is 5.23. The van der Waals surface area contributed by atoms with E-state index in [0.717, 1.165) is 43.6 Å². The Kier molecular flexibility index (Phi) is 4.81. The van der Waals surface area contributed by atoms with Crippen molar-refractivity contribution in [3.8, 4) is 5.75 Å². The molecular weight excluding hydrogens is 292 g/mol. The van der Waals surface area contributed by atoms with Crippen LogP contribution in [-0.2, 0) is 17.9 Å².